The Morgan fingerprint density at radius 2 is 2.16 bits per heavy atom. The molecular formula is C17H23ClN2O5. The van der Waals surface area contributed by atoms with Gasteiger partial charge in [-0.2, -0.15) is 0 Å². The zero-order valence-corrected chi connectivity index (χ0v) is 15.2. The normalized spacial score (nSPS) is 17.8. The number of likely N-dealkylation sites (tertiary alicyclic amines) is 1. The molecule has 1 atom stereocenters. The number of hydrogen-bond acceptors (Lipinski definition) is 6. The molecule has 7 nitrogen and oxygen atoms in total. The van der Waals surface area contributed by atoms with Gasteiger partial charge in [-0.1, -0.05) is 18.5 Å². The molecule has 1 aliphatic heterocycles. The molecule has 1 aromatic carbocycles. The van der Waals surface area contributed by atoms with E-state index >= 15 is 0 Å². The first kappa shape index (κ1) is 19.3. The molecule has 1 aromatic rings. The fourth-order valence-corrected chi connectivity index (χ4v) is 3.00. The largest absolute Gasteiger partial charge is 0.493 e. The smallest absolute Gasteiger partial charge is 0.338 e. The molecule has 2 N–H and O–H groups in total. The number of carbonyl (C=O) groups is 2. The number of benzene rings is 1. The van der Waals surface area contributed by atoms with E-state index < -0.39 is 11.9 Å². The second-order valence-electron chi connectivity index (χ2n) is 5.81. The predicted octanol–water partition coefficient (Wildman–Crippen LogP) is 1.85. The molecule has 1 heterocycles. The van der Waals surface area contributed by atoms with E-state index in [2.05, 4.69) is 11.8 Å². The van der Waals surface area contributed by atoms with Gasteiger partial charge in [-0.3, -0.25) is 9.69 Å². The maximum atomic E-state index is 12.4. The lowest BCUT2D eigenvalue weighted by Gasteiger charge is -2.31. The summed E-state index contributed by atoms with van der Waals surface area (Å²) in [4.78, 5) is 25.5. The molecular weight excluding hydrogens is 348 g/mol. The Hall–Kier alpha value is -1.99. The van der Waals surface area contributed by atoms with Crippen LogP contribution in [0.25, 0.3) is 0 Å². The first-order valence-corrected chi connectivity index (χ1v) is 8.54. The van der Waals surface area contributed by atoms with E-state index in [9.17, 15) is 9.59 Å². The summed E-state index contributed by atoms with van der Waals surface area (Å²) >= 11 is 6.16. The van der Waals surface area contributed by atoms with Crippen LogP contribution in [-0.2, 0) is 9.53 Å². The number of amides is 1. The second kappa shape index (κ2) is 8.92. The quantitative estimate of drug-likeness (QED) is 0.736. The van der Waals surface area contributed by atoms with Crippen molar-refractivity contribution >= 4 is 23.5 Å². The summed E-state index contributed by atoms with van der Waals surface area (Å²) in [6, 6.07) is 2.91. The van der Waals surface area contributed by atoms with Gasteiger partial charge in [0.15, 0.2) is 18.1 Å². The average molecular weight is 371 g/mol. The van der Waals surface area contributed by atoms with Crippen LogP contribution in [0, 0.1) is 0 Å². The van der Waals surface area contributed by atoms with E-state index in [4.69, 9.17) is 31.5 Å². The molecule has 8 heteroatoms. The van der Waals surface area contributed by atoms with Crippen molar-refractivity contribution in [3.05, 3.63) is 22.7 Å². The van der Waals surface area contributed by atoms with Gasteiger partial charge >= 0.3 is 5.97 Å². The molecule has 0 aliphatic carbocycles. The van der Waals surface area contributed by atoms with Gasteiger partial charge in [-0.05, 0) is 38.1 Å². The summed E-state index contributed by atoms with van der Waals surface area (Å²) in [5, 5.41) is 0.145. The first-order valence-electron chi connectivity index (χ1n) is 8.16. The molecule has 0 spiro atoms. The minimum atomic E-state index is -0.639. The standard InChI is InChI=1S/C17H23ClN2O5/c1-3-20-6-4-5-12(9-20)25-17(22)11-7-13(18)16(14(8-11)23-2)24-10-15(19)21/h7-8,12H,3-6,9-10H2,1-2H3,(H2,19,21). The molecule has 138 valence electrons. The number of hydrogen-bond donors (Lipinski definition) is 1. The Morgan fingerprint density at radius 3 is 2.80 bits per heavy atom. The third-order valence-corrected chi connectivity index (χ3v) is 4.29. The number of primary amides is 1. The van der Waals surface area contributed by atoms with Crippen LogP contribution in [0.3, 0.4) is 0 Å². The Kier molecular flexibility index (Phi) is 6.90. The number of nitrogens with two attached hydrogens (primary N) is 1. The highest BCUT2D eigenvalue weighted by Gasteiger charge is 2.24. The van der Waals surface area contributed by atoms with Gasteiger partial charge in [0, 0.05) is 6.54 Å². The molecule has 0 radical (unpaired) electrons. The number of esters is 1. The van der Waals surface area contributed by atoms with E-state index in [1.807, 2.05) is 0 Å². The van der Waals surface area contributed by atoms with Crippen molar-refractivity contribution in [2.45, 2.75) is 25.9 Å². The fourth-order valence-electron chi connectivity index (χ4n) is 2.74. The fraction of sp³-hybridized carbons (Fsp3) is 0.529. The van der Waals surface area contributed by atoms with Gasteiger partial charge in [0.05, 0.1) is 17.7 Å². The summed E-state index contributed by atoms with van der Waals surface area (Å²) in [5.74, 6) is -0.710. The lowest BCUT2D eigenvalue weighted by molar-refractivity contribution is -0.119. The number of methoxy groups -OCH3 is 1. The minimum Gasteiger partial charge on any atom is -0.493 e. The van der Waals surface area contributed by atoms with Crippen molar-refractivity contribution in [3.63, 3.8) is 0 Å². The van der Waals surface area contributed by atoms with Crippen LogP contribution < -0.4 is 15.2 Å². The summed E-state index contributed by atoms with van der Waals surface area (Å²) in [6.07, 6.45) is 1.69. The number of carbonyl (C=O) groups excluding carboxylic acids is 2. The van der Waals surface area contributed by atoms with Gasteiger partial charge in [-0.15, -0.1) is 0 Å². The molecule has 0 bridgehead atoms. The van der Waals surface area contributed by atoms with Crippen LogP contribution in [0.5, 0.6) is 11.5 Å². The highest BCUT2D eigenvalue weighted by atomic mass is 35.5. The van der Waals surface area contributed by atoms with Crippen molar-refractivity contribution in [2.24, 2.45) is 5.73 Å². The number of piperidine rings is 1. The monoisotopic (exact) mass is 370 g/mol. The molecule has 1 fully saturated rings. The molecule has 1 unspecified atom stereocenters. The number of nitrogens with zero attached hydrogens (tertiary/aromatic N) is 1. The Morgan fingerprint density at radius 1 is 1.40 bits per heavy atom. The topological polar surface area (TPSA) is 91.1 Å². The van der Waals surface area contributed by atoms with Crippen LogP contribution in [-0.4, -0.2) is 56.2 Å². The average Bonchev–Trinajstić information content (AvgIpc) is 2.59. The summed E-state index contributed by atoms with van der Waals surface area (Å²) in [5.41, 5.74) is 5.33. The summed E-state index contributed by atoms with van der Waals surface area (Å²) in [7, 11) is 1.41. The Balaban J connectivity index is 2.11. The van der Waals surface area contributed by atoms with E-state index in [1.165, 1.54) is 19.2 Å². The third-order valence-electron chi connectivity index (χ3n) is 4.01. The third kappa shape index (κ3) is 5.24. The van der Waals surface area contributed by atoms with E-state index in [1.54, 1.807) is 0 Å². The van der Waals surface area contributed by atoms with E-state index in [0.29, 0.717) is 0 Å². The minimum absolute atomic E-state index is 0.142. The van der Waals surface area contributed by atoms with Crippen molar-refractivity contribution in [2.75, 3.05) is 33.4 Å². The zero-order valence-electron chi connectivity index (χ0n) is 14.4. The SMILES string of the molecule is CCN1CCCC(OC(=O)c2cc(Cl)c(OCC(N)=O)c(OC)c2)C1. The predicted molar refractivity (Wildman–Crippen MR) is 93.2 cm³/mol. The number of rotatable bonds is 7. The van der Waals surface area contributed by atoms with Crippen molar-refractivity contribution < 1.29 is 23.8 Å². The maximum Gasteiger partial charge on any atom is 0.338 e. The van der Waals surface area contributed by atoms with Crippen LogP contribution in [0.1, 0.15) is 30.1 Å². The molecule has 1 saturated heterocycles. The van der Waals surface area contributed by atoms with Crippen molar-refractivity contribution in [1.82, 2.24) is 4.90 Å². The highest BCUT2D eigenvalue weighted by Crippen LogP contribution is 2.36. The van der Waals surface area contributed by atoms with Crippen LogP contribution in [0.4, 0.5) is 0 Å². The molecule has 0 aromatic heterocycles. The van der Waals surface area contributed by atoms with Gasteiger partial charge in [0.2, 0.25) is 0 Å². The molecule has 25 heavy (non-hydrogen) atoms. The number of likely N-dealkylation sites (N-methyl/N-ethyl adjacent to an activating group) is 1. The number of halogens is 1. The Labute approximate surface area is 152 Å². The lowest BCUT2D eigenvalue weighted by atomic mass is 10.1. The van der Waals surface area contributed by atoms with E-state index in [0.717, 1.165) is 32.5 Å². The van der Waals surface area contributed by atoms with Crippen LogP contribution in [0.15, 0.2) is 12.1 Å². The molecule has 1 aliphatic rings. The van der Waals surface area contributed by atoms with Gasteiger partial charge < -0.3 is 19.9 Å². The zero-order chi connectivity index (χ0) is 18.4. The molecule has 0 saturated carbocycles. The first-order chi connectivity index (χ1) is 11.9. The van der Waals surface area contributed by atoms with Crippen molar-refractivity contribution in [3.8, 4) is 11.5 Å². The molecule has 2 rings (SSSR count). The van der Waals surface area contributed by atoms with E-state index in [-0.39, 0.29) is 34.8 Å². The van der Waals surface area contributed by atoms with Gasteiger partial charge in [0.1, 0.15) is 6.10 Å². The van der Waals surface area contributed by atoms with Gasteiger partial charge in [0.25, 0.3) is 5.91 Å². The maximum absolute atomic E-state index is 12.4. The highest BCUT2D eigenvalue weighted by molar-refractivity contribution is 6.32. The second-order valence-corrected chi connectivity index (χ2v) is 6.21. The summed E-state index contributed by atoms with van der Waals surface area (Å²) in [6.45, 7) is 4.43. The lowest BCUT2D eigenvalue weighted by Crippen LogP contribution is -2.40. The Bertz CT molecular complexity index is 638. The number of ether oxygens (including phenoxy) is 3. The summed E-state index contributed by atoms with van der Waals surface area (Å²) < 4.78 is 16.0. The molecule has 1 amide bonds. The van der Waals surface area contributed by atoms with Crippen LogP contribution in [0.2, 0.25) is 5.02 Å². The van der Waals surface area contributed by atoms with Crippen LogP contribution >= 0.6 is 11.6 Å². The van der Waals surface area contributed by atoms with Crippen molar-refractivity contribution in [1.29, 1.82) is 0 Å². The van der Waals surface area contributed by atoms with Gasteiger partial charge in [-0.25, -0.2) is 4.79 Å².